The number of nitrogens with one attached hydrogen (secondary N) is 2. The van der Waals surface area contributed by atoms with Crippen molar-refractivity contribution >= 4 is 55.8 Å². The van der Waals surface area contributed by atoms with Crippen LogP contribution in [0.4, 0.5) is 15.2 Å². The van der Waals surface area contributed by atoms with Crippen molar-refractivity contribution in [2.24, 2.45) is 0 Å². The van der Waals surface area contributed by atoms with Gasteiger partial charge < -0.3 is 10.6 Å². The highest BCUT2D eigenvalue weighted by Crippen LogP contribution is 2.28. The van der Waals surface area contributed by atoms with Crippen molar-refractivity contribution in [1.29, 1.82) is 0 Å². The average Bonchev–Trinajstić information content (AvgIpc) is 3.04. The molecule has 1 aromatic carbocycles. The van der Waals surface area contributed by atoms with Crippen LogP contribution in [-0.4, -0.2) is 27.9 Å². The summed E-state index contributed by atoms with van der Waals surface area (Å²) in [4.78, 5) is 12.0. The summed E-state index contributed by atoms with van der Waals surface area (Å²) in [6.45, 7) is 0. The van der Waals surface area contributed by atoms with Gasteiger partial charge in [0.25, 0.3) is 0 Å². The summed E-state index contributed by atoms with van der Waals surface area (Å²) in [5, 5.41) is 15.0. The largest absolute Gasteiger partial charge is 0.357 e. The Bertz CT molecular complexity index is 737. The van der Waals surface area contributed by atoms with Crippen molar-refractivity contribution in [3.05, 3.63) is 28.5 Å². The first kappa shape index (κ1) is 18.6. The molecule has 1 aliphatic carbocycles. The molecule has 0 spiro atoms. The fraction of sp³-hybridized carbons (Fsp3) is 0.438. The van der Waals surface area contributed by atoms with Crippen LogP contribution >= 0.6 is 39.0 Å². The molecule has 0 saturated heterocycles. The van der Waals surface area contributed by atoms with Crippen LogP contribution in [0.2, 0.25) is 0 Å². The number of carbonyl (C=O) groups excluding carboxylic acids is 1. The van der Waals surface area contributed by atoms with Gasteiger partial charge in [-0.15, -0.1) is 10.2 Å². The summed E-state index contributed by atoms with van der Waals surface area (Å²) >= 11 is 5.94. The molecule has 0 atom stereocenters. The molecule has 1 saturated carbocycles. The van der Waals surface area contributed by atoms with E-state index in [4.69, 9.17) is 0 Å². The predicted octanol–water partition coefficient (Wildman–Crippen LogP) is 4.92. The number of thioether (sulfide) groups is 1. The number of nitrogens with zero attached hydrogens (tertiary/aromatic N) is 2. The molecule has 0 radical (unpaired) electrons. The molecule has 0 aliphatic heterocycles. The molecule has 0 bridgehead atoms. The molecule has 5 nitrogen and oxygen atoms in total. The van der Waals surface area contributed by atoms with E-state index in [1.165, 1.54) is 67.3 Å². The first-order valence-corrected chi connectivity index (χ1v) is 10.7. The monoisotopic (exact) mass is 444 g/mol. The second-order valence-corrected chi connectivity index (χ2v) is 8.93. The van der Waals surface area contributed by atoms with Crippen LogP contribution in [0, 0.1) is 5.82 Å². The number of hydrogen-bond donors (Lipinski definition) is 2. The van der Waals surface area contributed by atoms with Crippen LogP contribution in [0.3, 0.4) is 0 Å². The molecular formula is C16H18BrFN4OS2. The predicted molar refractivity (Wildman–Crippen MR) is 104 cm³/mol. The fourth-order valence-corrected chi connectivity index (χ4v) is 4.61. The van der Waals surface area contributed by atoms with Gasteiger partial charge in [0.05, 0.1) is 11.4 Å². The minimum atomic E-state index is -0.470. The van der Waals surface area contributed by atoms with Crippen molar-refractivity contribution < 1.29 is 9.18 Å². The SMILES string of the molecule is O=C(CSc1nnc(NC2CCCCC2)s1)Nc1ccc(Br)cc1F. The number of aromatic nitrogens is 2. The summed E-state index contributed by atoms with van der Waals surface area (Å²) in [5.41, 5.74) is 0.172. The topological polar surface area (TPSA) is 66.9 Å². The second-order valence-electron chi connectivity index (χ2n) is 5.81. The van der Waals surface area contributed by atoms with E-state index in [1.54, 1.807) is 6.07 Å². The van der Waals surface area contributed by atoms with Crippen LogP contribution in [0.5, 0.6) is 0 Å². The van der Waals surface area contributed by atoms with Crippen molar-refractivity contribution in [1.82, 2.24) is 10.2 Å². The van der Waals surface area contributed by atoms with Crippen molar-refractivity contribution in [2.75, 3.05) is 16.4 Å². The fourth-order valence-electron chi connectivity index (χ4n) is 2.65. The Morgan fingerprint density at radius 2 is 2.12 bits per heavy atom. The zero-order chi connectivity index (χ0) is 17.6. The van der Waals surface area contributed by atoms with Gasteiger partial charge >= 0.3 is 0 Å². The number of carbonyl (C=O) groups is 1. The molecule has 9 heteroatoms. The summed E-state index contributed by atoms with van der Waals surface area (Å²) in [7, 11) is 0. The van der Waals surface area contributed by atoms with Crippen molar-refractivity contribution in [2.45, 2.75) is 42.5 Å². The van der Waals surface area contributed by atoms with E-state index < -0.39 is 5.82 Å². The second kappa shape index (κ2) is 8.95. The highest BCUT2D eigenvalue weighted by Gasteiger charge is 2.16. The number of benzene rings is 1. The molecule has 3 rings (SSSR count). The van der Waals surface area contributed by atoms with E-state index in [2.05, 4.69) is 36.8 Å². The molecule has 1 aliphatic rings. The van der Waals surface area contributed by atoms with E-state index in [0.29, 0.717) is 10.5 Å². The zero-order valence-electron chi connectivity index (χ0n) is 13.4. The Labute approximate surface area is 162 Å². The van der Waals surface area contributed by atoms with Crippen molar-refractivity contribution in [3.8, 4) is 0 Å². The van der Waals surface area contributed by atoms with E-state index in [0.717, 1.165) is 9.47 Å². The molecule has 1 amide bonds. The van der Waals surface area contributed by atoms with Gasteiger partial charge in [-0.3, -0.25) is 4.79 Å². The number of hydrogen-bond acceptors (Lipinski definition) is 6. The minimum Gasteiger partial charge on any atom is -0.357 e. The maximum Gasteiger partial charge on any atom is 0.234 e. The maximum absolute atomic E-state index is 13.7. The van der Waals surface area contributed by atoms with Gasteiger partial charge in [-0.05, 0) is 31.0 Å². The summed E-state index contributed by atoms with van der Waals surface area (Å²) < 4.78 is 15.1. The molecule has 1 fully saturated rings. The van der Waals surface area contributed by atoms with E-state index in [-0.39, 0.29) is 17.3 Å². The number of anilines is 2. The lowest BCUT2D eigenvalue weighted by Crippen LogP contribution is -2.21. The van der Waals surface area contributed by atoms with Gasteiger partial charge in [0, 0.05) is 10.5 Å². The number of halogens is 2. The highest BCUT2D eigenvalue weighted by atomic mass is 79.9. The normalized spacial score (nSPS) is 15.1. The van der Waals surface area contributed by atoms with Gasteiger partial charge in [0.1, 0.15) is 5.82 Å². The van der Waals surface area contributed by atoms with Crippen LogP contribution in [0.15, 0.2) is 27.0 Å². The lowest BCUT2D eigenvalue weighted by Gasteiger charge is -2.21. The Morgan fingerprint density at radius 3 is 2.88 bits per heavy atom. The molecule has 1 aromatic heterocycles. The maximum atomic E-state index is 13.7. The van der Waals surface area contributed by atoms with Gasteiger partial charge in [-0.2, -0.15) is 0 Å². The zero-order valence-corrected chi connectivity index (χ0v) is 16.6. The van der Waals surface area contributed by atoms with Gasteiger partial charge in [-0.1, -0.05) is 58.3 Å². The molecule has 0 unspecified atom stereocenters. The van der Waals surface area contributed by atoms with Crippen LogP contribution in [-0.2, 0) is 4.79 Å². The Morgan fingerprint density at radius 1 is 1.32 bits per heavy atom. The third-order valence-electron chi connectivity index (χ3n) is 3.87. The average molecular weight is 445 g/mol. The summed E-state index contributed by atoms with van der Waals surface area (Å²) in [5.74, 6) is -0.584. The lowest BCUT2D eigenvalue weighted by molar-refractivity contribution is -0.113. The van der Waals surface area contributed by atoms with E-state index in [9.17, 15) is 9.18 Å². The van der Waals surface area contributed by atoms with Crippen molar-refractivity contribution in [3.63, 3.8) is 0 Å². The van der Waals surface area contributed by atoms with Crippen LogP contribution in [0.1, 0.15) is 32.1 Å². The number of amides is 1. The molecule has 2 aromatic rings. The molecule has 2 N–H and O–H groups in total. The lowest BCUT2D eigenvalue weighted by atomic mass is 9.96. The van der Waals surface area contributed by atoms with Gasteiger partial charge in [-0.25, -0.2) is 4.39 Å². The standard InChI is InChI=1S/C16H18BrFN4OS2/c17-10-6-7-13(12(18)8-10)20-14(23)9-24-16-22-21-15(25-16)19-11-4-2-1-3-5-11/h6-8,11H,1-5,9H2,(H,19,21)(H,20,23). The quantitative estimate of drug-likeness (QED) is 0.619. The highest BCUT2D eigenvalue weighted by molar-refractivity contribution is 9.10. The minimum absolute atomic E-state index is 0.160. The third-order valence-corrected chi connectivity index (χ3v) is 6.35. The Hall–Kier alpha value is -1.19. The number of rotatable bonds is 6. The van der Waals surface area contributed by atoms with Gasteiger partial charge in [0.15, 0.2) is 4.34 Å². The van der Waals surface area contributed by atoms with E-state index >= 15 is 0 Å². The van der Waals surface area contributed by atoms with E-state index in [1.807, 2.05) is 0 Å². The molecule has 25 heavy (non-hydrogen) atoms. The smallest absolute Gasteiger partial charge is 0.234 e. The summed E-state index contributed by atoms with van der Waals surface area (Å²) in [6.07, 6.45) is 6.16. The third kappa shape index (κ3) is 5.65. The van der Waals surface area contributed by atoms with Crippen LogP contribution < -0.4 is 10.6 Å². The summed E-state index contributed by atoms with van der Waals surface area (Å²) in [6, 6.07) is 5.00. The Kier molecular flexibility index (Phi) is 6.66. The molecule has 134 valence electrons. The van der Waals surface area contributed by atoms with Crippen LogP contribution in [0.25, 0.3) is 0 Å². The molecular weight excluding hydrogens is 427 g/mol. The Balaban J connectivity index is 1.47. The molecule has 1 heterocycles. The van der Waals surface area contributed by atoms with Gasteiger partial charge in [0.2, 0.25) is 11.0 Å². The first-order valence-electron chi connectivity index (χ1n) is 8.08. The first-order chi connectivity index (χ1) is 12.1.